The van der Waals surface area contributed by atoms with E-state index in [9.17, 15) is 0 Å². The second-order valence-corrected chi connectivity index (χ2v) is 9.40. The summed E-state index contributed by atoms with van der Waals surface area (Å²) in [6.07, 6.45) is 2.82. The molecule has 0 spiro atoms. The van der Waals surface area contributed by atoms with Gasteiger partial charge in [0.05, 0.1) is 0 Å². The smallest absolute Gasteiger partial charge is 0.127 e. The van der Waals surface area contributed by atoms with Crippen LogP contribution < -0.4 is 0 Å². The van der Waals surface area contributed by atoms with Crippen LogP contribution in [0.4, 0.5) is 0 Å². The summed E-state index contributed by atoms with van der Waals surface area (Å²) in [7, 11) is -1.27. The van der Waals surface area contributed by atoms with Gasteiger partial charge in [0.15, 0.2) is 0 Å². The largest absolute Gasteiger partial charge is 0.129 e. The van der Waals surface area contributed by atoms with Gasteiger partial charge < -0.3 is 0 Å². The lowest BCUT2D eigenvalue weighted by Gasteiger charge is -2.05. The van der Waals surface area contributed by atoms with E-state index in [-0.39, 0.29) is 0 Å². The van der Waals surface area contributed by atoms with Crippen molar-refractivity contribution in [3.8, 4) is 11.5 Å². The molecule has 1 heteroatoms. The molecule has 0 saturated carbocycles. The summed E-state index contributed by atoms with van der Waals surface area (Å²) in [5, 5.41) is 0. The van der Waals surface area contributed by atoms with Crippen molar-refractivity contribution in [3.63, 3.8) is 0 Å². The normalized spacial score (nSPS) is 10.3. The predicted octanol–water partition coefficient (Wildman–Crippen LogP) is 3.64. The van der Waals surface area contributed by atoms with Crippen LogP contribution in [0.1, 0.15) is 11.1 Å². The van der Waals surface area contributed by atoms with Gasteiger partial charge in [-0.2, -0.15) is 0 Å². The van der Waals surface area contributed by atoms with Gasteiger partial charge in [-0.15, -0.1) is 12.1 Å². The fourth-order valence-corrected chi connectivity index (χ4v) is 1.74. The molecule has 0 aliphatic heterocycles. The van der Waals surface area contributed by atoms with E-state index in [0.717, 1.165) is 12.0 Å². The molecule has 0 aliphatic rings. The van der Waals surface area contributed by atoms with E-state index < -0.39 is 8.07 Å². The summed E-state index contributed by atoms with van der Waals surface area (Å²) < 4.78 is 0. The van der Waals surface area contributed by atoms with Crippen LogP contribution in [0.2, 0.25) is 19.6 Å². The Balaban J connectivity index is 3.02. The lowest BCUT2D eigenvalue weighted by atomic mass is 10.1. The van der Waals surface area contributed by atoms with Crippen LogP contribution in [-0.2, 0) is 6.42 Å². The summed E-state index contributed by atoms with van der Waals surface area (Å²) in [4.78, 5) is 0. The molecule has 0 amide bonds. The Bertz CT molecular complexity index is 399. The molecule has 0 atom stereocenters. The summed E-state index contributed by atoms with van der Waals surface area (Å²) >= 11 is 0. The Morgan fingerprint density at radius 2 is 1.93 bits per heavy atom. The van der Waals surface area contributed by atoms with Crippen LogP contribution in [0.3, 0.4) is 0 Å². The Kier molecular flexibility index (Phi) is 3.93. The zero-order chi connectivity index (χ0) is 11.3. The van der Waals surface area contributed by atoms with Crippen LogP contribution in [0.5, 0.6) is 0 Å². The first-order valence-electron chi connectivity index (χ1n) is 5.25. The topological polar surface area (TPSA) is 0 Å². The fraction of sp³-hybridized carbons (Fsp3) is 0.286. The molecule has 0 aliphatic carbocycles. The molecule has 0 radical (unpaired) electrons. The van der Waals surface area contributed by atoms with Gasteiger partial charge in [0.25, 0.3) is 0 Å². The van der Waals surface area contributed by atoms with Crippen molar-refractivity contribution in [2.45, 2.75) is 26.1 Å². The number of hydrogen-bond donors (Lipinski definition) is 0. The molecule has 0 unspecified atom stereocenters. The Hall–Kier alpha value is -1.26. The average molecular weight is 214 g/mol. The maximum absolute atomic E-state index is 3.77. The van der Waals surface area contributed by atoms with Gasteiger partial charge >= 0.3 is 0 Å². The maximum atomic E-state index is 3.77. The highest BCUT2D eigenvalue weighted by Crippen LogP contribution is 2.09. The third kappa shape index (κ3) is 4.18. The fourth-order valence-electron chi connectivity index (χ4n) is 1.23. The van der Waals surface area contributed by atoms with Crippen molar-refractivity contribution < 1.29 is 0 Å². The first-order chi connectivity index (χ1) is 7.03. The molecule has 0 N–H and O–H groups in total. The molecule has 1 aromatic rings. The van der Waals surface area contributed by atoms with E-state index in [1.54, 1.807) is 0 Å². The van der Waals surface area contributed by atoms with Crippen LogP contribution in [0, 0.1) is 11.5 Å². The predicted molar refractivity (Wildman–Crippen MR) is 70.6 cm³/mol. The Labute approximate surface area is 94.0 Å². The minimum Gasteiger partial charge on any atom is -0.127 e. The van der Waals surface area contributed by atoms with Crippen molar-refractivity contribution in [1.29, 1.82) is 0 Å². The molecule has 0 aromatic heterocycles. The first-order valence-corrected chi connectivity index (χ1v) is 8.75. The van der Waals surface area contributed by atoms with Crippen molar-refractivity contribution in [2.24, 2.45) is 0 Å². The van der Waals surface area contributed by atoms with E-state index in [4.69, 9.17) is 0 Å². The standard InChI is InChI=1S/C14H18Si/c1-5-8-13-9-6-7-10-14(13)11-12-15(2,3)4/h5-7,9-10H,1,8H2,2-4H3. The third-order valence-electron chi connectivity index (χ3n) is 1.95. The molecule has 0 heterocycles. The lowest BCUT2D eigenvalue weighted by molar-refractivity contribution is 1.26. The number of allylic oxidation sites excluding steroid dienone is 1. The quantitative estimate of drug-likeness (QED) is 0.400. The van der Waals surface area contributed by atoms with E-state index in [0.29, 0.717) is 0 Å². The molecule has 0 nitrogen and oxygen atoms in total. The highest BCUT2D eigenvalue weighted by atomic mass is 28.3. The van der Waals surface area contributed by atoms with Crippen LogP contribution in [0.15, 0.2) is 36.9 Å². The molecule has 1 rings (SSSR count). The van der Waals surface area contributed by atoms with Crippen LogP contribution in [0.25, 0.3) is 0 Å². The van der Waals surface area contributed by atoms with E-state index in [1.807, 2.05) is 12.1 Å². The lowest BCUT2D eigenvalue weighted by Crippen LogP contribution is -2.16. The van der Waals surface area contributed by atoms with Gasteiger partial charge in [-0.25, -0.2) is 0 Å². The molecular formula is C14H18Si. The zero-order valence-electron chi connectivity index (χ0n) is 9.80. The van der Waals surface area contributed by atoms with Gasteiger partial charge in [0.2, 0.25) is 0 Å². The maximum Gasteiger partial charge on any atom is 0.129 e. The highest BCUT2D eigenvalue weighted by Gasteiger charge is 2.07. The summed E-state index contributed by atoms with van der Waals surface area (Å²) in [6, 6.07) is 8.31. The summed E-state index contributed by atoms with van der Waals surface area (Å²) in [5.74, 6) is 3.30. The zero-order valence-corrected chi connectivity index (χ0v) is 10.8. The van der Waals surface area contributed by atoms with Crippen molar-refractivity contribution in [3.05, 3.63) is 48.0 Å². The third-order valence-corrected chi connectivity index (χ3v) is 2.83. The first kappa shape index (κ1) is 11.8. The van der Waals surface area contributed by atoms with Crippen molar-refractivity contribution in [2.75, 3.05) is 0 Å². The van der Waals surface area contributed by atoms with Gasteiger partial charge in [-0.05, 0) is 18.1 Å². The van der Waals surface area contributed by atoms with Crippen molar-refractivity contribution >= 4 is 8.07 Å². The number of benzene rings is 1. The molecule has 15 heavy (non-hydrogen) atoms. The monoisotopic (exact) mass is 214 g/mol. The Morgan fingerprint density at radius 3 is 2.53 bits per heavy atom. The molecule has 1 aromatic carbocycles. The average Bonchev–Trinajstić information content (AvgIpc) is 2.16. The minimum atomic E-state index is -1.27. The molecule has 0 fully saturated rings. The molecule has 0 saturated heterocycles. The van der Waals surface area contributed by atoms with Crippen molar-refractivity contribution in [1.82, 2.24) is 0 Å². The second kappa shape index (κ2) is 5.00. The van der Waals surface area contributed by atoms with Gasteiger partial charge in [-0.3, -0.25) is 0 Å². The minimum absolute atomic E-state index is 0.899. The van der Waals surface area contributed by atoms with Crippen LogP contribution >= 0.6 is 0 Å². The Morgan fingerprint density at radius 1 is 1.27 bits per heavy atom. The van der Waals surface area contributed by atoms with E-state index >= 15 is 0 Å². The van der Waals surface area contributed by atoms with E-state index in [1.165, 1.54) is 5.56 Å². The van der Waals surface area contributed by atoms with Gasteiger partial charge in [-0.1, -0.05) is 49.8 Å². The molecule has 78 valence electrons. The molecular weight excluding hydrogens is 196 g/mol. The number of hydrogen-bond acceptors (Lipinski definition) is 0. The summed E-state index contributed by atoms with van der Waals surface area (Å²) in [5.41, 5.74) is 5.82. The summed E-state index contributed by atoms with van der Waals surface area (Å²) in [6.45, 7) is 10.5. The van der Waals surface area contributed by atoms with Gasteiger partial charge in [0, 0.05) is 5.56 Å². The SMILES string of the molecule is C=CCc1ccccc1C#C[Si](C)(C)C. The second-order valence-electron chi connectivity index (χ2n) is 4.65. The highest BCUT2D eigenvalue weighted by molar-refractivity contribution is 6.83. The van der Waals surface area contributed by atoms with E-state index in [2.05, 4.69) is 55.9 Å². The number of rotatable bonds is 2. The van der Waals surface area contributed by atoms with Crippen LogP contribution in [-0.4, -0.2) is 8.07 Å². The van der Waals surface area contributed by atoms with Gasteiger partial charge in [0.1, 0.15) is 8.07 Å². The molecule has 0 bridgehead atoms.